The first kappa shape index (κ1) is 19.8. The molecule has 0 bridgehead atoms. The monoisotopic (exact) mass is 372 g/mol. The van der Waals surface area contributed by atoms with E-state index in [9.17, 15) is 9.59 Å². The van der Waals surface area contributed by atoms with Crippen LogP contribution in [0.4, 0.5) is 11.4 Å². The summed E-state index contributed by atoms with van der Waals surface area (Å²) in [6.45, 7) is 3.60. The summed E-state index contributed by atoms with van der Waals surface area (Å²) < 4.78 is 0. The number of benzene rings is 1. The second-order valence-corrected chi connectivity index (χ2v) is 7.80. The van der Waals surface area contributed by atoms with E-state index in [4.69, 9.17) is 5.73 Å². The third kappa shape index (κ3) is 5.78. The maximum absolute atomic E-state index is 12.4. The van der Waals surface area contributed by atoms with Crippen molar-refractivity contribution in [2.24, 2.45) is 17.6 Å². The maximum atomic E-state index is 12.4. The number of amides is 2. The molecule has 1 saturated carbocycles. The Morgan fingerprint density at radius 2 is 1.63 bits per heavy atom. The summed E-state index contributed by atoms with van der Waals surface area (Å²) in [5.41, 5.74) is 7.29. The van der Waals surface area contributed by atoms with E-state index in [2.05, 4.69) is 15.5 Å². The van der Waals surface area contributed by atoms with E-state index < -0.39 is 0 Å². The number of anilines is 2. The van der Waals surface area contributed by atoms with E-state index in [-0.39, 0.29) is 17.7 Å². The third-order valence-electron chi connectivity index (χ3n) is 5.84. The van der Waals surface area contributed by atoms with Gasteiger partial charge in [-0.2, -0.15) is 0 Å². The van der Waals surface area contributed by atoms with Gasteiger partial charge in [0.05, 0.1) is 0 Å². The van der Waals surface area contributed by atoms with Crippen molar-refractivity contribution in [2.75, 3.05) is 36.8 Å². The van der Waals surface area contributed by atoms with Crippen molar-refractivity contribution in [2.45, 2.75) is 44.9 Å². The normalized spacial score (nSPS) is 23.1. The van der Waals surface area contributed by atoms with Crippen LogP contribution in [0.5, 0.6) is 0 Å². The topological polar surface area (TPSA) is 87.5 Å². The van der Waals surface area contributed by atoms with Crippen molar-refractivity contribution in [3.8, 4) is 0 Å². The van der Waals surface area contributed by atoms with Gasteiger partial charge >= 0.3 is 0 Å². The first-order valence-electron chi connectivity index (χ1n) is 10.3. The van der Waals surface area contributed by atoms with E-state index in [1.54, 1.807) is 0 Å². The highest BCUT2D eigenvalue weighted by Gasteiger charge is 2.31. The molecule has 1 saturated heterocycles. The van der Waals surface area contributed by atoms with Crippen LogP contribution in [0.25, 0.3) is 0 Å². The Hall–Kier alpha value is -1.92. The summed E-state index contributed by atoms with van der Waals surface area (Å²) in [6, 6.07) is 7.35. The molecule has 0 unspecified atom stereocenters. The lowest BCUT2D eigenvalue weighted by Gasteiger charge is -2.25. The van der Waals surface area contributed by atoms with Crippen LogP contribution >= 0.6 is 0 Å². The molecular formula is C21H32N4O2. The molecular weight excluding hydrogens is 340 g/mol. The summed E-state index contributed by atoms with van der Waals surface area (Å²) in [5, 5.41) is 5.92. The fourth-order valence-corrected chi connectivity index (χ4v) is 4.20. The van der Waals surface area contributed by atoms with Crippen molar-refractivity contribution in [1.82, 2.24) is 4.90 Å². The number of nitrogens with one attached hydrogen (secondary N) is 2. The maximum Gasteiger partial charge on any atom is 0.227 e. The Bertz CT molecular complexity index is 626. The van der Waals surface area contributed by atoms with E-state index in [1.807, 2.05) is 24.3 Å². The predicted molar refractivity (Wildman–Crippen MR) is 108 cm³/mol. The van der Waals surface area contributed by atoms with Gasteiger partial charge in [0.15, 0.2) is 0 Å². The molecule has 1 aliphatic heterocycles. The fraction of sp³-hybridized carbons (Fsp3) is 0.619. The third-order valence-corrected chi connectivity index (χ3v) is 5.84. The fourth-order valence-electron chi connectivity index (χ4n) is 4.20. The van der Waals surface area contributed by atoms with Crippen molar-refractivity contribution < 1.29 is 9.59 Å². The Labute approximate surface area is 161 Å². The predicted octanol–water partition coefficient (Wildman–Crippen LogP) is 2.81. The Kier molecular flexibility index (Phi) is 7.24. The average Bonchev–Trinajstić information content (AvgIpc) is 3.18. The van der Waals surface area contributed by atoms with Crippen LogP contribution in [0.2, 0.25) is 0 Å². The molecule has 2 amide bonds. The van der Waals surface area contributed by atoms with Crippen LogP contribution in [0.3, 0.4) is 0 Å². The molecule has 1 heterocycles. The first-order chi connectivity index (χ1) is 13.2. The highest BCUT2D eigenvalue weighted by Crippen LogP contribution is 2.32. The summed E-state index contributed by atoms with van der Waals surface area (Å²) in [6.07, 6.45) is 7.32. The summed E-state index contributed by atoms with van der Waals surface area (Å²) in [5.74, 6) is 0.406. The highest BCUT2D eigenvalue weighted by atomic mass is 16.2. The minimum absolute atomic E-state index is 0.0177. The molecule has 2 fully saturated rings. The Morgan fingerprint density at radius 3 is 2.30 bits per heavy atom. The van der Waals surface area contributed by atoms with Crippen LogP contribution in [-0.2, 0) is 9.59 Å². The van der Waals surface area contributed by atoms with Crippen LogP contribution in [-0.4, -0.2) is 42.9 Å². The molecule has 0 aromatic heterocycles. The van der Waals surface area contributed by atoms with E-state index in [0.717, 1.165) is 50.3 Å². The number of likely N-dealkylation sites (tertiary alicyclic amines) is 1. The number of piperidine rings is 1. The van der Waals surface area contributed by atoms with Gasteiger partial charge in [0, 0.05) is 30.3 Å². The molecule has 2 atom stereocenters. The molecule has 27 heavy (non-hydrogen) atoms. The number of rotatable bonds is 7. The number of nitrogens with two attached hydrogens (primary N) is 1. The molecule has 0 spiro atoms. The highest BCUT2D eigenvalue weighted by molar-refractivity contribution is 5.94. The number of hydrogen-bond acceptors (Lipinski definition) is 4. The molecule has 0 radical (unpaired) electrons. The average molecular weight is 373 g/mol. The van der Waals surface area contributed by atoms with Gasteiger partial charge in [-0.1, -0.05) is 12.8 Å². The molecule has 6 heteroatoms. The molecule has 2 aliphatic rings. The molecule has 4 N–H and O–H groups in total. The van der Waals surface area contributed by atoms with Crippen LogP contribution in [0, 0.1) is 11.8 Å². The minimum atomic E-state index is 0.0177. The lowest BCUT2D eigenvalue weighted by Crippen LogP contribution is -2.32. The quantitative estimate of drug-likeness (QED) is 0.687. The standard InChI is InChI=1S/C21H32N4O2/c22-15-16-5-4-6-19(16)21(27)24-18-9-7-17(8-10-18)23-20(26)11-14-25-12-2-1-3-13-25/h7-10,16,19H,1-6,11-15,22H2,(H,23,26)(H,24,27)/t16-,19-/m1/s1. The van der Waals surface area contributed by atoms with Gasteiger partial charge in [-0.3, -0.25) is 9.59 Å². The van der Waals surface area contributed by atoms with Gasteiger partial charge < -0.3 is 21.3 Å². The second-order valence-electron chi connectivity index (χ2n) is 7.80. The van der Waals surface area contributed by atoms with Crippen LogP contribution < -0.4 is 16.4 Å². The number of hydrogen-bond donors (Lipinski definition) is 3. The van der Waals surface area contributed by atoms with E-state index in [0.29, 0.717) is 18.9 Å². The molecule has 6 nitrogen and oxygen atoms in total. The second kappa shape index (κ2) is 9.85. The zero-order valence-corrected chi connectivity index (χ0v) is 16.1. The van der Waals surface area contributed by atoms with Gasteiger partial charge in [-0.25, -0.2) is 0 Å². The molecule has 1 aromatic rings. The van der Waals surface area contributed by atoms with E-state index >= 15 is 0 Å². The summed E-state index contributed by atoms with van der Waals surface area (Å²) in [7, 11) is 0. The molecule has 1 aliphatic carbocycles. The van der Waals surface area contributed by atoms with E-state index in [1.165, 1.54) is 19.3 Å². The number of carbonyl (C=O) groups excluding carboxylic acids is 2. The minimum Gasteiger partial charge on any atom is -0.330 e. The zero-order chi connectivity index (χ0) is 19.1. The van der Waals surface area contributed by atoms with Crippen molar-refractivity contribution >= 4 is 23.2 Å². The van der Waals surface area contributed by atoms with Gasteiger partial charge in [-0.05, 0) is 75.5 Å². The van der Waals surface area contributed by atoms with Crippen molar-refractivity contribution in [3.63, 3.8) is 0 Å². The number of nitrogens with zero attached hydrogens (tertiary/aromatic N) is 1. The van der Waals surface area contributed by atoms with Gasteiger partial charge in [0.2, 0.25) is 11.8 Å². The van der Waals surface area contributed by atoms with Crippen molar-refractivity contribution in [1.29, 1.82) is 0 Å². The van der Waals surface area contributed by atoms with Crippen LogP contribution in [0.1, 0.15) is 44.9 Å². The van der Waals surface area contributed by atoms with Crippen molar-refractivity contribution in [3.05, 3.63) is 24.3 Å². The lowest BCUT2D eigenvalue weighted by molar-refractivity contribution is -0.120. The first-order valence-corrected chi connectivity index (χ1v) is 10.3. The summed E-state index contributed by atoms with van der Waals surface area (Å²) >= 11 is 0. The van der Waals surface area contributed by atoms with Crippen LogP contribution in [0.15, 0.2) is 24.3 Å². The molecule has 1 aromatic carbocycles. The molecule has 3 rings (SSSR count). The van der Waals surface area contributed by atoms with Gasteiger partial charge in [0.1, 0.15) is 0 Å². The van der Waals surface area contributed by atoms with Gasteiger partial charge in [-0.15, -0.1) is 0 Å². The smallest absolute Gasteiger partial charge is 0.227 e. The lowest BCUT2D eigenvalue weighted by atomic mass is 9.95. The largest absolute Gasteiger partial charge is 0.330 e. The zero-order valence-electron chi connectivity index (χ0n) is 16.1. The molecule has 148 valence electrons. The Morgan fingerprint density at radius 1 is 0.963 bits per heavy atom. The summed E-state index contributed by atoms with van der Waals surface area (Å²) in [4.78, 5) is 26.9. The SMILES string of the molecule is NC[C@H]1CCC[C@H]1C(=O)Nc1ccc(NC(=O)CCN2CCCCC2)cc1. The number of carbonyl (C=O) groups is 2. The Balaban J connectivity index is 1.44. The van der Waals surface area contributed by atoms with Gasteiger partial charge in [0.25, 0.3) is 0 Å².